The number of carboxylic acid groups (broad SMARTS) is 2. The van der Waals surface area contributed by atoms with Gasteiger partial charge in [0.25, 0.3) is 0 Å². The largest absolute Gasteiger partial charge is 0.480 e. The van der Waals surface area contributed by atoms with Crippen molar-refractivity contribution in [1.82, 2.24) is 10.6 Å². The van der Waals surface area contributed by atoms with Crippen LogP contribution in [0.25, 0.3) is 0 Å². The fourth-order valence-corrected chi connectivity index (χ4v) is 1.58. The highest BCUT2D eigenvalue weighted by molar-refractivity contribution is 7.80. The molecule has 0 aromatic carbocycles. The molecule has 2 unspecified atom stereocenters. The Morgan fingerprint density at radius 2 is 1.38 bits per heavy atom. The average Bonchev–Trinajstić information content (AvgIpc) is 2.21. The number of nitrogens with one attached hydrogen (secondary N) is 2. The Bertz CT molecular complexity index is 228. The van der Waals surface area contributed by atoms with E-state index < -0.39 is 30.2 Å². The summed E-state index contributed by atoms with van der Waals surface area (Å²) in [7, 11) is 0. The molecular formula is C8H16N2O4S2. The van der Waals surface area contributed by atoms with Crippen molar-refractivity contribution in [2.24, 2.45) is 0 Å². The van der Waals surface area contributed by atoms with Crippen LogP contribution in [0.3, 0.4) is 0 Å². The quantitative estimate of drug-likeness (QED) is 0.257. The Kier molecular flexibility index (Phi) is 7.56. The Labute approximate surface area is 105 Å². The number of hydrogen-bond donors (Lipinski definition) is 6. The predicted octanol–water partition coefficient (Wildman–Crippen LogP) is -0.722. The molecule has 94 valence electrons. The Morgan fingerprint density at radius 3 is 1.56 bits per heavy atom. The standard InChI is InChI=1S/C8H16N2O4S2/c1-4(9-5(2-15)7(11)12)10-6(3-16)8(13)14/h4-6,9-10,15-16H,2-3H2,1H3,(H,11,12)(H,13,14). The summed E-state index contributed by atoms with van der Waals surface area (Å²) in [6.07, 6.45) is -0.457. The topological polar surface area (TPSA) is 98.7 Å². The van der Waals surface area contributed by atoms with E-state index in [2.05, 4.69) is 35.9 Å². The van der Waals surface area contributed by atoms with Crippen molar-refractivity contribution in [2.75, 3.05) is 11.5 Å². The number of aliphatic carboxylic acids is 2. The van der Waals surface area contributed by atoms with Crippen LogP contribution in [0.1, 0.15) is 6.92 Å². The summed E-state index contributed by atoms with van der Waals surface area (Å²) in [6, 6.07) is -1.64. The van der Waals surface area contributed by atoms with E-state index in [0.29, 0.717) is 0 Å². The van der Waals surface area contributed by atoms with Gasteiger partial charge in [-0.05, 0) is 6.92 Å². The van der Waals surface area contributed by atoms with Gasteiger partial charge in [0.15, 0.2) is 0 Å². The predicted molar refractivity (Wildman–Crippen MR) is 66.3 cm³/mol. The molecule has 0 saturated carbocycles. The van der Waals surface area contributed by atoms with Crippen molar-refractivity contribution >= 4 is 37.2 Å². The lowest BCUT2D eigenvalue weighted by molar-refractivity contribution is -0.139. The van der Waals surface area contributed by atoms with Gasteiger partial charge in [0.1, 0.15) is 12.1 Å². The zero-order valence-corrected chi connectivity index (χ0v) is 10.5. The van der Waals surface area contributed by atoms with Gasteiger partial charge in [-0.15, -0.1) is 0 Å². The van der Waals surface area contributed by atoms with Crippen LogP contribution >= 0.6 is 25.3 Å². The van der Waals surface area contributed by atoms with Crippen LogP contribution < -0.4 is 10.6 Å². The fraction of sp³-hybridized carbons (Fsp3) is 0.750. The van der Waals surface area contributed by atoms with Gasteiger partial charge in [-0.1, -0.05) is 0 Å². The molecule has 0 spiro atoms. The molecule has 0 rings (SSSR count). The number of thiol groups is 2. The fourth-order valence-electron chi connectivity index (χ4n) is 1.06. The van der Waals surface area contributed by atoms with Crippen LogP contribution in [0.15, 0.2) is 0 Å². The van der Waals surface area contributed by atoms with Crippen molar-refractivity contribution in [2.45, 2.75) is 25.2 Å². The molecule has 0 aromatic heterocycles. The lowest BCUT2D eigenvalue weighted by Gasteiger charge is -2.22. The maximum Gasteiger partial charge on any atom is 0.321 e. The second kappa shape index (κ2) is 7.77. The average molecular weight is 268 g/mol. The zero-order valence-electron chi connectivity index (χ0n) is 8.75. The second-order valence-corrected chi connectivity index (χ2v) is 3.93. The van der Waals surface area contributed by atoms with Crippen molar-refractivity contribution < 1.29 is 19.8 Å². The van der Waals surface area contributed by atoms with Crippen LogP contribution in [0.5, 0.6) is 0 Å². The van der Waals surface area contributed by atoms with E-state index in [4.69, 9.17) is 10.2 Å². The van der Waals surface area contributed by atoms with E-state index in [9.17, 15) is 9.59 Å². The molecule has 0 heterocycles. The zero-order chi connectivity index (χ0) is 12.7. The Balaban J connectivity index is 4.19. The van der Waals surface area contributed by atoms with Crippen molar-refractivity contribution in [3.05, 3.63) is 0 Å². The molecule has 0 amide bonds. The third kappa shape index (κ3) is 5.59. The summed E-state index contributed by atoms with van der Waals surface area (Å²) in [4.78, 5) is 21.4. The van der Waals surface area contributed by atoms with Gasteiger partial charge in [-0.3, -0.25) is 20.2 Å². The van der Waals surface area contributed by atoms with E-state index >= 15 is 0 Å². The Morgan fingerprint density at radius 1 is 1.06 bits per heavy atom. The van der Waals surface area contributed by atoms with Crippen LogP contribution in [0.2, 0.25) is 0 Å². The molecule has 6 nitrogen and oxygen atoms in total. The van der Waals surface area contributed by atoms with Gasteiger partial charge in [0.05, 0.1) is 6.17 Å². The first-order chi connectivity index (χ1) is 7.42. The highest BCUT2D eigenvalue weighted by Gasteiger charge is 2.21. The first kappa shape index (κ1) is 15.6. The first-order valence-electron chi connectivity index (χ1n) is 4.61. The first-order valence-corrected chi connectivity index (χ1v) is 5.88. The van der Waals surface area contributed by atoms with Gasteiger partial charge >= 0.3 is 11.9 Å². The van der Waals surface area contributed by atoms with Crippen LogP contribution in [-0.2, 0) is 9.59 Å². The maximum absolute atomic E-state index is 10.7. The summed E-state index contributed by atoms with van der Waals surface area (Å²) in [6.45, 7) is 1.64. The van der Waals surface area contributed by atoms with E-state index in [1.54, 1.807) is 6.92 Å². The minimum absolute atomic E-state index is 0.125. The van der Waals surface area contributed by atoms with E-state index in [-0.39, 0.29) is 11.5 Å². The molecule has 0 bridgehead atoms. The minimum Gasteiger partial charge on any atom is -0.480 e. The number of hydrogen-bond acceptors (Lipinski definition) is 6. The smallest absolute Gasteiger partial charge is 0.321 e. The van der Waals surface area contributed by atoms with E-state index in [1.807, 2.05) is 0 Å². The van der Waals surface area contributed by atoms with Gasteiger partial charge in [-0.2, -0.15) is 25.3 Å². The van der Waals surface area contributed by atoms with Gasteiger partial charge in [-0.25, -0.2) is 0 Å². The van der Waals surface area contributed by atoms with E-state index in [1.165, 1.54) is 0 Å². The molecule has 8 heteroatoms. The van der Waals surface area contributed by atoms with Crippen molar-refractivity contribution in [1.29, 1.82) is 0 Å². The van der Waals surface area contributed by atoms with Gasteiger partial charge in [0.2, 0.25) is 0 Å². The van der Waals surface area contributed by atoms with Gasteiger partial charge in [0, 0.05) is 11.5 Å². The number of carboxylic acids is 2. The molecule has 0 aromatic rings. The number of rotatable bonds is 8. The molecule has 0 saturated heterocycles. The summed E-state index contributed by atoms with van der Waals surface area (Å²) in [5.41, 5.74) is 0. The normalized spacial score (nSPS) is 16.4. The maximum atomic E-state index is 10.7. The highest BCUT2D eigenvalue weighted by atomic mass is 32.1. The summed E-state index contributed by atoms with van der Waals surface area (Å²) in [5.74, 6) is -1.80. The second-order valence-electron chi connectivity index (χ2n) is 3.20. The molecule has 2 atom stereocenters. The molecular weight excluding hydrogens is 252 g/mol. The SMILES string of the molecule is CC(NC(CS)C(=O)O)NC(CS)C(=O)O. The molecule has 0 aliphatic heterocycles. The van der Waals surface area contributed by atoms with E-state index in [0.717, 1.165) is 0 Å². The lowest BCUT2D eigenvalue weighted by Crippen LogP contribution is -2.54. The lowest BCUT2D eigenvalue weighted by atomic mass is 10.3. The molecule has 0 aliphatic rings. The minimum atomic E-state index is -1.03. The summed E-state index contributed by atoms with van der Waals surface area (Å²) in [5, 5.41) is 22.9. The third-order valence-electron chi connectivity index (χ3n) is 1.86. The third-order valence-corrected chi connectivity index (χ3v) is 2.59. The van der Waals surface area contributed by atoms with Crippen molar-refractivity contribution in [3.63, 3.8) is 0 Å². The van der Waals surface area contributed by atoms with Gasteiger partial charge < -0.3 is 10.2 Å². The van der Waals surface area contributed by atoms with Crippen LogP contribution in [0.4, 0.5) is 0 Å². The molecule has 0 radical (unpaired) electrons. The van der Waals surface area contributed by atoms with Crippen LogP contribution in [0, 0.1) is 0 Å². The van der Waals surface area contributed by atoms with Crippen molar-refractivity contribution in [3.8, 4) is 0 Å². The van der Waals surface area contributed by atoms with Crippen LogP contribution in [-0.4, -0.2) is 51.9 Å². The molecule has 16 heavy (non-hydrogen) atoms. The summed E-state index contributed by atoms with van der Waals surface area (Å²) >= 11 is 7.76. The highest BCUT2D eigenvalue weighted by Crippen LogP contribution is 1.94. The molecule has 0 fully saturated rings. The molecule has 4 N–H and O–H groups in total. The Hall–Kier alpha value is -0.440. The molecule has 0 aliphatic carbocycles. The number of carbonyl (C=O) groups is 2. The summed E-state index contributed by atoms with van der Waals surface area (Å²) < 4.78 is 0. The monoisotopic (exact) mass is 268 g/mol.